The summed E-state index contributed by atoms with van der Waals surface area (Å²) in [5.41, 5.74) is 6.29. The van der Waals surface area contributed by atoms with Crippen molar-refractivity contribution in [3.8, 4) is 17.6 Å². The van der Waals surface area contributed by atoms with Gasteiger partial charge in [0, 0.05) is 18.2 Å². The van der Waals surface area contributed by atoms with E-state index in [9.17, 15) is 5.11 Å². The van der Waals surface area contributed by atoms with Crippen molar-refractivity contribution in [2.24, 2.45) is 5.73 Å². The van der Waals surface area contributed by atoms with Gasteiger partial charge in [0.05, 0.1) is 13.2 Å². The molecule has 1 aromatic rings. The molecule has 0 aliphatic carbocycles. The second-order valence-electron chi connectivity index (χ2n) is 5.25. The van der Waals surface area contributed by atoms with Crippen LogP contribution < -0.4 is 10.5 Å². The van der Waals surface area contributed by atoms with Crippen molar-refractivity contribution in [2.75, 3.05) is 32.8 Å². The van der Waals surface area contributed by atoms with Crippen LogP contribution in [0.15, 0.2) is 24.3 Å². The fraction of sp³-hybridized carbons (Fsp3) is 0.529. The van der Waals surface area contributed by atoms with Crippen molar-refractivity contribution in [1.29, 1.82) is 0 Å². The molecule has 2 rings (SSSR count). The molecule has 0 spiro atoms. The Hall–Kier alpha value is -1.54. The van der Waals surface area contributed by atoms with Gasteiger partial charge >= 0.3 is 0 Å². The van der Waals surface area contributed by atoms with Crippen molar-refractivity contribution in [3.05, 3.63) is 29.8 Å². The molecule has 1 unspecified atom stereocenters. The summed E-state index contributed by atoms with van der Waals surface area (Å²) in [6.45, 7) is 3.14. The summed E-state index contributed by atoms with van der Waals surface area (Å²) in [5, 5.41) is 9.39. The summed E-state index contributed by atoms with van der Waals surface area (Å²) < 4.78 is 5.80. The van der Waals surface area contributed by atoms with Crippen molar-refractivity contribution < 1.29 is 9.84 Å². The third-order valence-corrected chi connectivity index (χ3v) is 3.78. The van der Waals surface area contributed by atoms with Gasteiger partial charge in [0.15, 0.2) is 0 Å². The summed E-state index contributed by atoms with van der Waals surface area (Å²) in [7, 11) is 0. The highest BCUT2D eigenvalue weighted by atomic mass is 16.5. The second kappa shape index (κ2) is 8.68. The van der Waals surface area contributed by atoms with Crippen LogP contribution in [-0.4, -0.2) is 48.9 Å². The van der Waals surface area contributed by atoms with Crippen LogP contribution in [0.4, 0.5) is 0 Å². The van der Waals surface area contributed by atoms with Gasteiger partial charge in [-0.25, -0.2) is 0 Å². The van der Waals surface area contributed by atoms with Gasteiger partial charge in [-0.15, -0.1) is 0 Å². The van der Waals surface area contributed by atoms with Gasteiger partial charge in [0.2, 0.25) is 0 Å². The van der Waals surface area contributed by atoms with E-state index in [1.807, 2.05) is 24.3 Å². The molecule has 1 atom stereocenters. The van der Waals surface area contributed by atoms with Crippen LogP contribution in [-0.2, 0) is 0 Å². The van der Waals surface area contributed by atoms with E-state index in [1.54, 1.807) is 0 Å². The van der Waals surface area contributed by atoms with Crippen LogP contribution in [0.25, 0.3) is 0 Å². The van der Waals surface area contributed by atoms with Crippen LogP contribution in [0.1, 0.15) is 24.8 Å². The van der Waals surface area contributed by atoms with E-state index in [1.165, 1.54) is 12.8 Å². The Morgan fingerprint density at radius 1 is 1.38 bits per heavy atom. The number of benzene rings is 1. The summed E-state index contributed by atoms with van der Waals surface area (Å²) in [6.07, 6.45) is 3.51. The molecule has 1 fully saturated rings. The van der Waals surface area contributed by atoms with E-state index >= 15 is 0 Å². The molecule has 0 saturated carbocycles. The predicted octanol–water partition coefficient (Wildman–Crippen LogP) is 1.22. The Bertz CT molecular complexity index is 493. The molecule has 1 saturated heterocycles. The number of nitrogens with zero attached hydrogens (tertiary/aromatic N) is 1. The number of hydrogen-bond donors (Lipinski definition) is 2. The zero-order valence-corrected chi connectivity index (χ0v) is 12.4. The van der Waals surface area contributed by atoms with Gasteiger partial charge in [-0.05, 0) is 37.6 Å². The summed E-state index contributed by atoms with van der Waals surface area (Å²) in [4.78, 5) is 2.32. The second-order valence-corrected chi connectivity index (χ2v) is 5.25. The monoisotopic (exact) mass is 288 g/mol. The van der Waals surface area contributed by atoms with Crippen molar-refractivity contribution >= 4 is 0 Å². The number of piperidine rings is 1. The molecule has 0 aromatic heterocycles. The summed E-state index contributed by atoms with van der Waals surface area (Å²) in [6, 6.07) is 8.05. The molecule has 4 heteroatoms. The van der Waals surface area contributed by atoms with Crippen molar-refractivity contribution in [1.82, 2.24) is 4.90 Å². The molecule has 1 aliphatic rings. The number of likely N-dealkylation sites (tertiary alicyclic amines) is 1. The molecular weight excluding hydrogens is 264 g/mol. The van der Waals surface area contributed by atoms with E-state index in [0.29, 0.717) is 19.2 Å². The quantitative estimate of drug-likeness (QED) is 0.800. The Morgan fingerprint density at radius 3 is 3.10 bits per heavy atom. The van der Waals surface area contributed by atoms with Crippen molar-refractivity contribution in [3.63, 3.8) is 0 Å². The maximum Gasteiger partial charge on any atom is 0.120 e. The highest BCUT2D eigenvalue weighted by Crippen LogP contribution is 2.17. The molecule has 0 amide bonds. The lowest BCUT2D eigenvalue weighted by atomic mass is 10.0. The first-order chi connectivity index (χ1) is 10.3. The number of ether oxygens (including phenoxy) is 1. The minimum atomic E-state index is 0.240. The topological polar surface area (TPSA) is 58.7 Å². The summed E-state index contributed by atoms with van der Waals surface area (Å²) in [5.74, 6) is 6.67. The maximum absolute atomic E-state index is 9.39. The van der Waals surface area contributed by atoms with Gasteiger partial charge in [-0.1, -0.05) is 24.3 Å². The number of aliphatic hydroxyl groups excluding tert-OH is 1. The van der Waals surface area contributed by atoms with Crippen LogP contribution in [0, 0.1) is 11.8 Å². The van der Waals surface area contributed by atoms with E-state index in [4.69, 9.17) is 10.5 Å². The van der Waals surface area contributed by atoms with Gasteiger partial charge in [-0.2, -0.15) is 0 Å². The molecular formula is C17H24N2O2. The molecule has 1 aromatic carbocycles. The molecule has 1 heterocycles. The highest BCUT2D eigenvalue weighted by molar-refractivity contribution is 5.39. The highest BCUT2D eigenvalue weighted by Gasteiger charge is 2.20. The Labute approximate surface area is 126 Å². The first kappa shape index (κ1) is 15.8. The van der Waals surface area contributed by atoms with E-state index < -0.39 is 0 Å². The van der Waals surface area contributed by atoms with Gasteiger partial charge in [0.1, 0.15) is 12.4 Å². The zero-order valence-electron chi connectivity index (χ0n) is 12.4. The molecule has 3 N–H and O–H groups in total. The van der Waals surface area contributed by atoms with Crippen LogP contribution in [0.3, 0.4) is 0 Å². The Kier molecular flexibility index (Phi) is 6.55. The standard InChI is InChI=1S/C17H24N2O2/c18-9-4-6-15-5-3-8-17(13-15)21-12-11-19-10-2-1-7-16(19)14-20/h3,5,8,13,16,20H,1-2,7,9-12,14,18H2. The molecule has 0 bridgehead atoms. The number of rotatable bonds is 5. The van der Waals surface area contributed by atoms with Gasteiger partial charge < -0.3 is 15.6 Å². The third kappa shape index (κ3) is 5.05. The Morgan fingerprint density at radius 2 is 2.29 bits per heavy atom. The number of aliphatic hydroxyl groups is 1. The fourth-order valence-corrected chi connectivity index (χ4v) is 2.66. The van der Waals surface area contributed by atoms with E-state index in [2.05, 4.69) is 16.7 Å². The lowest BCUT2D eigenvalue weighted by molar-refractivity contribution is 0.0773. The lowest BCUT2D eigenvalue weighted by Gasteiger charge is -2.34. The lowest BCUT2D eigenvalue weighted by Crippen LogP contribution is -2.43. The normalized spacial score (nSPS) is 18.9. The first-order valence-electron chi connectivity index (χ1n) is 7.60. The first-order valence-corrected chi connectivity index (χ1v) is 7.60. The number of nitrogens with two attached hydrogens (primary N) is 1. The van der Waals surface area contributed by atoms with Gasteiger partial charge in [0.25, 0.3) is 0 Å². The van der Waals surface area contributed by atoms with E-state index in [0.717, 1.165) is 30.8 Å². The summed E-state index contributed by atoms with van der Waals surface area (Å²) >= 11 is 0. The maximum atomic E-state index is 9.39. The average molecular weight is 288 g/mol. The van der Waals surface area contributed by atoms with Crippen LogP contribution in [0.5, 0.6) is 5.75 Å². The average Bonchev–Trinajstić information content (AvgIpc) is 2.54. The molecule has 4 nitrogen and oxygen atoms in total. The predicted molar refractivity (Wildman–Crippen MR) is 84.2 cm³/mol. The van der Waals surface area contributed by atoms with Crippen molar-refractivity contribution in [2.45, 2.75) is 25.3 Å². The van der Waals surface area contributed by atoms with Gasteiger partial charge in [-0.3, -0.25) is 4.90 Å². The molecule has 1 aliphatic heterocycles. The molecule has 114 valence electrons. The third-order valence-electron chi connectivity index (χ3n) is 3.78. The number of hydrogen-bond acceptors (Lipinski definition) is 4. The molecule has 0 radical (unpaired) electrons. The molecule has 21 heavy (non-hydrogen) atoms. The van der Waals surface area contributed by atoms with Crippen LogP contribution in [0.2, 0.25) is 0 Å². The SMILES string of the molecule is NCC#Cc1cccc(OCCN2CCCCC2CO)c1. The largest absolute Gasteiger partial charge is 0.492 e. The fourth-order valence-electron chi connectivity index (χ4n) is 2.66. The Balaban J connectivity index is 1.82. The van der Waals surface area contributed by atoms with Crippen LogP contribution >= 0.6 is 0 Å². The zero-order chi connectivity index (χ0) is 14.9. The minimum Gasteiger partial charge on any atom is -0.492 e. The van der Waals surface area contributed by atoms with E-state index in [-0.39, 0.29) is 6.61 Å². The smallest absolute Gasteiger partial charge is 0.120 e. The minimum absolute atomic E-state index is 0.240.